The van der Waals surface area contributed by atoms with Gasteiger partial charge in [0.15, 0.2) is 0 Å². The highest BCUT2D eigenvalue weighted by molar-refractivity contribution is 7.98. The van der Waals surface area contributed by atoms with Crippen LogP contribution in [0.3, 0.4) is 0 Å². The highest BCUT2D eigenvalue weighted by Gasteiger charge is 2.03. The first-order chi connectivity index (χ1) is 11.2. The number of halogens is 1. The third-order valence-electron chi connectivity index (χ3n) is 3.30. The van der Waals surface area contributed by atoms with E-state index in [-0.39, 0.29) is 0 Å². The summed E-state index contributed by atoms with van der Waals surface area (Å²) in [6.07, 6.45) is 0. The monoisotopic (exact) mass is 342 g/mol. The average molecular weight is 343 g/mol. The molecule has 0 fully saturated rings. The smallest absolute Gasteiger partial charge is 0.119 e. The van der Waals surface area contributed by atoms with E-state index in [9.17, 15) is 0 Å². The normalized spacial score (nSPS) is 10.5. The lowest BCUT2D eigenvalue weighted by molar-refractivity contribution is 0.415. The van der Waals surface area contributed by atoms with Crippen molar-refractivity contribution in [3.63, 3.8) is 0 Å². The SMILES string of the molecule is COc1ccc(-c2ccc(SCc3cccc(Cl)c3)nn2)cc1. The summed E-state index contributed by atoms with van der Waals surface area (Å²) in [5.41, 5.74) is 3.04. The van der Waals surface area contributed by atoms with Crippen LogP contribution in [0.4, 0.5) is 0 Å². The molecule has 0 saturated heterocycles. The number of hydrogen-bond donors (Lipinski definition) is 0. The molecule has 0 radical (unpaired) electrons. The summed E-state index contributed by atoms with van der Waals surface area (Å²) < 4.78 is 5.16. The maximum absolute atomic E-state index is 5.99. The summed E-state index contributed by atoms with van der Waals surface area (Å²) in [7, 11) is 1.65. The fourth-order valence-corrected chi connectivity index (χ4v) is 3.07. The van der Waals surface area contributed by atoms with Crippen molar-refractivity contribution in [1.29, 1.82) is 0 Å². The Balaban J connectivity index is 1.66. The van der Waals surface area contributed by atoms with Crippen molar-refractivity contribution in [2.75, 3.05) is 7.11 Å². The molecule has 0 aliphatic carbocycles. The number of methoxy groups -OCH3 is 1. The molecule has 0 aliphatic heterocycles. The number of ether oxygens (including phenoxy) is 1. The lowest BCUT2D eigenvalue weighted by Gasteiger charge is -2.04. The molecule has 2 aromatic carbocycles. The molecule has 0 aliphatic rings. The highest BCUT2D eigenvalue weighted by Crippen LogP contribution is 2.24. The van der Waals surface area contributed by atoms with Gasteiger partial charge in [-0.25, -0.2) is 0 Å². The van der Waals surface area contributed by atoms with Gasteiger partial charge in [0.25, 0.3) is 0 Å². The molecule has 3 rings (SSSR count). The summed E-state index contributed by atoms with van der Waals surface area (Å²) in [6.45, 7) is 0. The van der Waals surface area contributed by atoms with Gasteiger partial charge in [-0.1, -0.05) is 35.5 Å². The van der Waals surface area contributed by atoms with Gasteiger partial charge in [-0.05, 0) is 54.1 Å². The van der Waals surface area contributed by atoms with Gasteiger partial charge in [-0.15, -0.1) is 10.2 Å². The van der Waals surface area contributed by atoms with E-state index in [4.69, 9.17) is 16.3 Å². The maximum Gasteiger partial charge on any atom is 0.119 e. The van der Waals surface area contributed by atoms with Crippen molar-refractivity contribution in [3.05, 3.63) is 71.2 Å². The molecule has 0 unspecified atom stereocenters. The van der Waals surface area contributed by atoms with Gasteiger partial charge in [0.05, 0.1) is 12.8 Å². The zero-order valence-electron chi connectivity index (χ0n) is 12.6. The first-order valence-electron chi connectivity index (χ1n) is 7.10. The van der Waals surface area contributed by atoms with E-state index >= 15 is 0 Å². The molecule has 0 spiro atoms. The van der Waals surface area contributed by atoms with Gasteiger partial charge in [-0.3, -0.25) is 0 Å². The largest absolute Gasteiger partial charge is 0.497 e. The van der Waals surface area contributed by atoms with Crippen molar-refractivity contribution < 1.29 is 4.74 Å². The summed E-state index contributed by atoms with van der Waals surface area (Å²) in [5.74, 6) is 1.65. The molecule has 0 amide bonds. The second-order valence-electron chi connectivity index (χ2n) is 4.90. The first-order valence-corrected chi connectivity index (χ1v) is 8.46. The number of rotatable bonds is 5. The Bertz CT molecular complexity index is 776. The lowest BCUT2D eigenvalue weighted by atomic mass is 10.1. The summed E-state index contributed by atoms with van der Waals surface area (Å²) in [4.78, 5) is 0. The van der Waals surface area contributed by atoms with Crippen LogP contribution in [0.25, 0.3) is 11.3 Å². The van der Waals surface area contributed by atoms with Crippen LogP contribution >= 0.6 is 23.4 Å². The summed E-state index contributed by atoms with van der Waals surface area (Å²) in [5, 5.41) is 10.2. The highest BCUT2D eigenvalue weighted by atomic mass is 35.5. The molecule has 1 aromatic heterocycles. The third kappa shape index (κ3) is 4.24. The van der Waals surface area contributed by atoms with E-state index in [1.165, 1.54) is 5.56 Å². The summed E-state index contributed by atoms with van der Waals surface area (Å²) >= 11 is 7.63. The van der Waals surface area contributed by atoms with Crippen LogP contribution in [0, 0.1) is 0 Å². The van der Waals surface area contributed by atoms with Crippen molar-refractivity contribution >= 4 is 23.4 Å². The van der Waals surface area contributed by atoms with E-state index < -0.39 is 0 Å². The van der Waals surface area contributed by atoms with Crippen LogP contribution in [-0.2, 0) is 5.75 Å². The summed E-state index contributed by atoms with van der Waals surface area (Å²) in [6, 6.07) is 19.6. The number of nitrogens with zero attached hydrogens (tertiary/aromatic N) is 2. The second-order valence-corrected chi connectivity index (χ2v) is 6.34. The fourth-order valence-electron chi connectivity index (χ4n) is 2.10. The Morgan fingerprint density at radius 2 is 1.83 bits per heavy atom. The standard InChI is InChI=1S/C18H15ClN2OS/c1-22-16-7-5-14(6-8-16)17-9-10-18(21-20-17)23-12-13-3-2-4-15(19)11-13/h2-11H,12H2,1H3. The van der Waals surface area contributed by atoms with Crippen LogP contribution in [0.2, 0.25) is 5.02 Å². The van der Waals surface area contributed by atoms with Gasteiger partial charge in [0, 0.05) is 16.3 Å². The molecule has 5 heteroatoms. The molecule has 23 heavy (non-hydrogen) atoms. The van der Waals surface area contributed by atoms with Crippen molar-refractivity contribution in [2.45, 2.75) is 10.8 Å². The number of thioether (sulfide) groups is 1. The fraction of sp³-hybridized carbons (Fsp3) is 0.111. The minimum absolute atomic E-state index is 0.754. The van der Waals surface area contributed by atoms with Crippen LogP contribution < -0.4 is 4.74 Å². The average Bonchev–Trinajstić information content (AvgIpc) is 2.61. The molecule has 0 bridgehead atoms. The van der Waals surface area contributed by atoms with Gasteiger partial charge < -0.3 is 4.74 Å². The zero-order valence-corrected chi connectivity index (χ0v) is 14.1. The third-order valence-corrected chi connectivity index (χ3v) is 4.53. The molecule has 0 atom stereocenters. The van der Waals surface area contributed by atoms with Gasteiger partial charge in [0.1, 0.15) is 10.8 Å². The predicted octanol–water partition coefficient (Wildman–Crippen LogP) is 5.10. The van der Waals surface area contributed by atoms with Crippen LogP contribution in [0.5, 0.6) is 5.75 Å². The van der Waals surface area contributed by atoms with Crippen LogP contribution in [-0.4, -0.2) is 17.3 Å². The zero-order chi connectivity index (χ0) is 16.1. The minimum Gasteiger partial charge on any atom is -0.497 e. The lowest BCUT2D eigenvalue weighted by Crippen LogP contribution is -1.90. The Hall–Kier alpha value is -2.04. The minimum atomic E-state index is 0.754. The molecule has 116 valence electrons. The van der Waals surface area contributed by atoms with Crippen molar-refractivity contribution in [2.24, 2.45) is 0 Å². The topological polar surface area (TPSA) is 35.0 Å². The molecule has 1 heterocycles. The van der Waals surface area contributed by atoms with Crippen LogP contribution in [0.1, 0.15) is 5.56 Å². The van der Waals surface area contributed by atoms with Gasteiger partial charge in [0.2, 0.25) is 0 Å². The molecule has 3 nitrogen and oxygen atoms in total. The quantitative estimate of drug-likeness (QED) is 0.604. The van der Waals surface area contributed by atoms with Crippen molar-refractivity contribution in [1.82, 2.24) is 10.2 Å². The Labute approximate surface area is 144 Å². The Morgan fingerprint density at radius 1 is 1.00 bits per heavy atom. The van der Waals surface area contributed by atoms with Gasteiger partial charge in [-0.2, -0.15) is 0 Å². The molecule has 0 N–H and O–H groups in total. The van der Waals surface area contributed by atoms with E-state index in [0.29, 0.717) is 0 Å². The second kappa shape index (κ2) is 7.49. The number of aromatic nitrogens is 2. The first kappa shape index (κ1) is 15.8. The van der Waals surface area contributed by atoms with E-state index in [0.717, 1.165) is 32.8 Å². The molecule has 0 saturated carbocycles. The molecular formula is C18H15ClN2OS. The van der Waals surface area contributed by atoms with E-state index in [1.807, 2.05) is 54.6 Å². The van der Waals surface area contributed by atoms with E-state index in [2.05, 4.69) is 16.3 Å². The number of benzene rings is 2. The number of hydrogen-bond acceptors (Lipinski definition) is 4. The van der Waals surface area contributed by atoms with E-state index in [1.54, 1.807) is 18.9 Å². The molecular weight excluding hydrogens is 328 g/mol. The van der Waals surface area contributed by atoms with Crippen LogP contribution in [0.15, 0.2) is 65.7 Å². The predicted molar refractivity (Wildman–Crippen MR) is 95.0 cm³/mol. The molecule has 3 aromatic rings. The Kier molecular flexibility index (Phi) is 5.16. The maximum atomic E-state index is 5.99. The Morgan fingerprint density at radius 3 is 2.48 bits per heavy atom. The van der Waals surface area contributed by atoms with Gasteiger partial charge >= 0.3 is 0 Å². The van der Waals surface area contributed by atoms with Crippen molar-refractivity contribution in [3.8, 4) is 17.0 Å².